The van der Waals surface area contributed by atoms with Crippen molar-refractivity contribution in [3.05, 3.63) is 17.8 Å². The first-order chi connectivity index (χ1) is 11.2. The van der Waals surface area contributed by atoms with Crippen molar-refractivity contribution >= 4 is 5.91 Å². The first kappa shape index (κ1) is 16.2. The van der Waals surface area contributed by atoms with Gasteiger partial charge in [-0.05, 0) is 25.3 Å². The van der Waals surface area contributed by atoms with Gasteiger partial charge in [-0.1, -0.05) is 25.7 Å². The van der Waals surface area contributed by atoms with Crippen LogP contribution >= 0.6 is 0 Å². The van der Waals surface area contributed by atoms with E-state index in [0.29, 0.717) is 11.8 Å². The van der Waals surface area contributed by atoms with Gasteiger partial charge in [-0.3, -0.25) is 4.79 Å². The van der Waals surface area contributed by atoms with Gasteiger partial charge < -0.3 is 9.64 Å². The number of rotatable bonds is 5. The van der Waals surface area contributed by atoms with Gasteiger partial charge in [-0.15, -0.1) is 5.10 Å². The minimum Gasteiger partial charge on any atom is -0.473 e. The molecule has 1 saturated heterocycles. The average molecular weight is 317 g/mol. The molecule has 0 aromatic carbocycles. The van der Waals surface area contributed by atoms with E-state index >= 15 is 0 Å². The molecule has 0 bridgehead atoms. The predicted molar refractivity (Wildman–Crippen MR) is 88.2 cm³/mol. The standard InChI is InChI=1S/C18H27N3O2/c1-14-6-8-17(20-19-14)23-16-10-12-21(13-11-16)18(22)9-7-15-4-2-3-5-15/h6,8,15-16H,2-5,7,9-13H2,1H3. The van der Waals surface area contributed by atoms with Crippen LogP contribution < -0.4 is 4.74 Å². The van der Waals surface area contributed by atoms with Crippen LogP contribution in [0.2, 0.25) is 0 Å². The summed E-state index contributed by atoms with van der Waals surface area (Å²) < 4.78 is 5.87. The van der Waals surface area contributed by atoms with Crippen LogP contribution in [0.5, 0.6) is 5.88 Å². The summed E-state index contributed by atoms with van der Waals surface area (Å²) in [7, 11) is 0. The van der Waals surface area contributed by atoms with Crippen LogP contribution in [-0.4, -0.2) is 40.2 Å². The molecule has 5 heteroatoms. The van der Waals surface area contributed by atoms with Crippen LogP contribution in [0.3, 0.4) is 0 Å². The molecule has 0 radical (unpaired) electrons. The number of aryl methyl sites for hydroxylation is 1. The van der Waals surface area contributed by atoms with E-state index in [0.717, 1.165) is 50.4 Å². The van der Waals surface area contributed by atoms with Gasteiger partial charge in [0.15, 0.2) is 0 Å². The van der Waals surface area contributed by atoms with E-state index in [1.165, 1.54) is 25.7 Å². The van der Waals surface area contributed by atoms with E-state index in [1.807, 2.05) is 24.0 Å². The van der Waals surface area contributed by atoms with Crippen molar-refractivity contribution < 1.29 is 9.53 Å². The summed E-state index contributed by atoms with van der Waals surface area (Å²) in [4.78, 5) is 14.3. The maximum Gasteiger partial charge on any atom is 0.233 e. The Kier molecular flexibility index (Phi) is 5.47. The van der Waals surface area contributed by atoms with E-state index in [1.54, 1.807) is 0 Å². The molecule has 1 amide bonds. The van der Waals surface area contributed by atoms with Gasteiger partial charge in [0.1, 0.15) is 6.10 Å². The Morgan fingerprint density at radius 2 is 1.91 bits per heavy atom. The molecular weight excluding hydrogens is 290 g/mol. The third-order valence-electron chi connectivity index (χ3n) is 5.10. The van der Waals surface area contributed by atoms with E-state index < -0.39 is 0 Å². The number of nitrogens with zero attached hydrogens (tertiary/aromatic N) is 3. The van der Waals surface area contributed by atoms with Crippen LogP contribution in [0, 0.1) is 12.8 Å². The number of carbonyl (C=O) groups excluding carboxylic acids is 1. The largest absolute Gasteiger partial charge is 0.473 e. The molecule has 2 fully saturated rings. The van der Waals surface area contributed by atoms with Crippen molar-refractivity contribution in [2.75, 3.05) is 13.1 Å². The second-order valence-electron chi connectivity index (χ2n) is 6.90. The maximum atomic E-state index is 12.3. The lowest BCUT2D eigenvalue weighted by atomic mass is 10.0. The normalized spacial score (nSPS) is 20.0. The van der Waals surface area contributed by atoms with Crippen LogP contribution in [0.25, 0.3) is 0 Å². The van der Waals surface area contributed by atoms with Crippen molar-refractivity contribution in [3.63, 3.8) is 0 Å². The van der Waals surface area contributed by atoms with Crippen LogP contribution in [0.15, 0.2) is 12.1 Å². The zero-order valence-electron chi connectivity index (χ0n) is 14.0. The number of piperidine rings is 1. The summed E-state index contributed by atoms with van der Waals surface area (Å²) >= 11 is 0. The first-order valence-corrected chi connectivity index (χ1v) is 8.95. The summed E-state index contributed by atoms with van der Waals surface area (Å²) in [6, 6.07) is 3.77. The number of aromatic nitrogens is 2. The Bertz CT molecular complexity index is 504. The summed E-state index contributed by atoms with van der Waals surface area (Å²) in [5.41, 5.74) is 0.889. The highest BCUT2D eigenvalue weighted by Crippen LogP contribution is 2.29. The number of carbonyl (C=O) groups is 1. The topological polar surface area (TPSA) is 55.3 Å². The molecule has 3 rings (SSSR count). The lowest BCUT2D eigenvalue weighted by Crippen LogP contribution is -2.41. The molecule has 1 aliphatic carbocycles. The molecule has 126 valence electrons. The van der Waals surface area contributed by atoms with E-state index in [2.05, 4.69) is 10.2 Å². The van der Waals surface area contributed by atoms with Crippen molar-refractivity contribution in [3.8, 4) is 5.88 Å². The highest BCUT2D eigenvalue weighted by atomic mass is 16.5. The highest BCUT2D eigenvalue weighted by molar-refractivity contribution is 5.76. The zero-order valence-corrected chi connectivity index (χ0v) is 14.0. The zero-order chi connectivity index (χ0) is 16.1. The second-order valence-corrected chi connectivity index (χ2v) is 6.90. The fourth-order valence-electron chi connectivity index (χ4n) is 3.63. The van der Waals surface area contributed by atoms with E-state index in [-0.39, 0.29) is 6.10 Å². The Balaban J connectivity index is 1.39. The van der Waals surface area contributed by atoms with Crippen molar-refractivity contribution in [2.24, 2.45) is 5.92 Å². The molecule has 5 nitrogen and oxygen atoms in total. The lowest BCUT2D eigenvalue weighted by Gasteiger charge is -2.32. The van der Waals surface area contributed by atoms with Gasteiger partial charge in [0.05, 0.1) is 5.69 Å². The monoisotopic (exact) mass is 317 g/mol. The number of hydrogen-bond acceptors (Lipinski definition) is 4. The van der Waals surface area contributed by atoms with Gasteiger partial charge in [0.2, 0.25) is 11.8 Å². The van der Waals surface area contributed by atoms with Gasteiger partial charge in [-0.25, -0.2) is 0 Å². The number of ether oxygens (including phenoxy) is 1. The molecule has 2 heterocycles. The minimum atomic E-state index is 0.144. The third kappa shape index (κ3) is 4.66. The maximum absolute atomic E-state index is 12.3. The van der Waals surface area contributed by atoms with Crippen LogP contribution in [-0.2, 0) is 4.79 Å². The smallest absolute Gasteiger partial charge is 0.233 e. The molecule has 1 aromatic rings. The molecule has 0 atom stereocenters. The lowest BCUT2D eigenvalue weighted by molar-refractivity contribution is -0.133. The molecular formula is C18H27N3O2. The SMILES string of the molecule is Cc1ccc(OC2CCN(C(=O)CCC3CCCC3)CC2)nn1. The fourth-order valence-corrected chi connectivity index (χ4v) is 3.63. The number of likely N-dealkylation sites (tertiary alicyclic amines) is 1. The van der Waals surface area contributed by atoms with Crippen molar-refractivity contribution in [1.29, 1.82) is 0 Å². The molecule has 2 aliphatic rings. The predicted octanol–water partition coefficient (Wildman–Crippen LogP) is 3.13. The van der Waals surface area contributed by atoms with Crippen molar-refractivity contribution in [2.45, 2.75) is 64.4 Å². The number of amides is 1. The Morgan fingerprint density at radius 3 is 2.57 bits per heavy atom. The fraction of sp³-hybridized carbons (Fsp3) is 0.722. The molecule has 1 aliphatic heterocycles. The number of hydrogen-bond donors (Lipinski definition) is 0. The molecule has 1 aromatic heterocycles. The summed E-state index contributed by atoms with van der Waals surface area (Å²) in [6.45, 7) is 3.51. The Hall–Kier alpha value is -1.65. The Morgan fingerprint density at radius 1 is 1.17 bits per heavy atom. The average Bonchev–Trinajstić information content (AvgIpc) is 3.09. The second kappa shape index (κ2) is 7.75. The minimum absolute atomic E-state index is 0.144. The summed E-state index contributed by atoms with van der Waals surface area (Å²) in [6.07, 6.45) is 9.04. The van der Waals surface area contributed by atoms with Crippen LogP contribution in [0.1, 0.15) is 57.1 Å². The van der Waals surface area contributed by atoms with Gasteiger partial charge in [0.25, 0.3) is 0 Å². The van der Waals surface area contributed by atoms with Gasteiger partial charge in [-0.2, -0.15) is 5.10 Å². The van der Waals surface area contributed by atoms with Crippen LogP contribution in [0.4, 0.5) is 0 Å². The van der Waals surface area contributed by atoms with Crippen molar-refractivity contribution in [1.82, 2.24) is 15.1 Å². The summed E-state index contributed by atoms with van der Waals surface area (Å²) in [5, 5.41) is 8.06. The van der Waals surface area contributed by atoms with E-state index in [4.69, 9.17) is 4.74 Å². The molecule has 0 N–H and O–H groups in total. The summed E-state index contributed by atoms with van der Waals surface area (Å²) in [5.74, 6) is 1.70. The first-order valence-electron chi connectivity index (χ1n) is 8.95. The van der Waals surface area contributed by atoms with E-state index in [9.17, 15) is 4.79 Å². The third-order valence-corrected chi connectivity index (χ3v) is 5.10. The molecule has 0 unspecified atom stereocenters. The van der Waals surface area contributed by atoms with Gasteiger partial charge in [0, 0.05) is 38.4 Å². The molecule has 1 saturated carbocycles. The highest BCUT2D eigenvalue weighted by Gasteiger charge is 2.25. The van der Waals surface area contributed by atoms with Gasteiger partial charge >= 0.3 is 0 Å². The molecule has 23 heavy (non-hydrogen) atoms. The quantitative estimate of drug-likeness (QED) is 0.837. The Labute approximate surface area is 138 Å². The molecule has 0 spiro atoms.